The molecular weight excluding hydrogens is 166 g/mol. The van der Waals surface area contributed by atoms with Crippen molar-refractivity contribution in [2.45, 2.75) is 24.8 Å². The Kier molecular flexibility index (Phi) is 4.16. The highest BCUT2D eigenvalue weighted by Crippen LogP contribution is 2.16. The topological polar surface area (TPSA) is 68.1 Å². The minimum absolute atomic E-state index is 0.187. The zero-order chi connectivity index (χ0) is 9.57. The van der Waals surface area contributed by atoms with Crippen LogP contribution in [0.25, 0.3) is 0 Å². The molecule has 1 heterocycles. The third-order valence-corrected chi connectivity index (χ3v) is 2.47. The molecule has 74 valence electrons. The van der Waals surface area contributed by atoms with E-state index in [9.17, 15) is 0 Å². The van der Waals surface area contributed by atoms with Gasteiger partial charge in [0.25, 0.3) is 0 Å². The average molecular weight is 183 g/mol. The van der Waals surface area contributed by atoms with E-state index >= 15 is 0 Å². The minimum atomic E-state index is -0.347. The molecule has 1 saturated heterocycles. The van der Waals surface area contributed by atoms with Crippen molar-refractivity contribution in [3.05, 3.63) is 0 Å². The number of nitriles is 1. The van der Waals surface area contributed by atoms with Crippen LogP contribution in [0.2, 0.25) is 0 Å². The fourth-order valence-corrected chi connectivity index (χ4v) is 1.59. The van der Waals surface area contributed by atoms with Crippen LogP contribution in [0.15, 0.2) is 0 Å². The fraction of sp³-hybridized carbons (Fsp3) is 0.889. The number of nitrogens with zero attached hydrogens (tertiary/aromatic N) is 1. The molecule has 1 fully saturated rings. The summed E-state index contributed by atoms with van der Waals surface area (Å²) >= 11 is 0. The van der Waals surface area contributed by atoms with E-state index in [-0.39, 0.29) is 12.1 Å². The molecule has 3 N–H and O–H groups in total. The van der Waals surface area contributed by atoms with Gasteiger partial charge in [-0.25, -0.2) is 0 Å². The summed E-state index contributed by atoms with van der Waals surface area (Å²) in [5.41, 5.74) is -0.347. The van der Waals surface area contributed by atoms with Crippen LogP contribution in [0.1, 0.15) is 19.3 Å². The highest BCUT2D eigenvalue weighted by Gasteiger charge is 2.30. The van der Waals surface area contributed by atoms with Crippen LogP contribution in [-0.4, -0.2) is 36.9 Å². The molecule has 1 aliphatic rings. The first-order chi connectivity index (χ1) is 6.33. The zero-order valence-corrected chi connectivity index (χ0v) is 7.84. The van der Waals surface area contributed by atoms with Crippen LogP contribution in [0.5, 0.6) is 0 Å². The van der Waals surface area contributed by atoms with Crippen LogP contribution >= 0.6 is 0 Å². The summed E-state index contributed by atoms with van der Waals surface area (Å²) in [5, 5.41) is 24.1. The first-order valence-corrected chi connectivity index (χ1v) is 4.81. The number of hydrogen-bond acceptors (Lipinski definition) is 4. The van der Waals surface area contributed by atoms with Crippen molar-refractivity contribution in [2.75, 3.05) is 26.2 Å². The Hall–Kier alpha value is -0.630. The Bertz CT molecular complexity index is 182. The maximum absolute atomic E-state index is 9.04. The molecular formula is C9H17N3O. The van der Waals surface area contributed by atoms with E-state index < -0.39 is 0 Å². The SMILES string of the molecule is N#CC1(NCCCO)CCNCC1. The second-order valence-corrected chi connectivity index (χ2v) is 3.45. The standard InChI is InChI=1S/C9H17N3O/c10-8-9(12-4-1-7-13)2-5-11-6-3-9/h11-13H,1-7H2. The third kappa shape index (κ3) is 2.96. The van der Waals surface area contributed by atoms with E-state index in [0.29, 0.717) is 0 Å². The molecule has 13 heavy (non-hydrogen) atoms. The van der Waals surface area contributed by atoms with Gasteiger partial charge in [-0.1, -0.05) is 0 Å². The van der Waals surface area contributed by atoms with Crippen molar-refractivity contribution in [3.8, 4) is 6.07 Å². The summed E-state index contributed by atoms with van der Waals surface area (Å²) in [7, 11) is 0. The second kappa shape index (κ2) is 5.18. The van der Waals surface area contributed by atoms with Crippen molar-refractivity contribution in [1.29, 1.82) is 5.26 Å². The first-order valence-electron chi connectivity index (χ1n) is 4.81. The van der Waals surface area contributed by atoms with Crippen LogP contribution in [0, 0.1) is 11.3 Å². The van der Waals surface area contributed by atoms with Crippen molar-refractivity contribution < 1.29 is 5.11 Å². The summed E-state index contributed by atoms with van der Waals surface area (Å²) in [6, 6.07) is 2.34. The maximum Gasteiger partial charge on any atom is 0.109 e. The number of aliphatic hydroxyl groups is 1. The maximum atomic E-state index is 9.04. The molecule has 0 spiro atoms. The van der Waals surface area contributed by atoms with E-state index in [4.69, 9.17) is 10.4 Å². The molecule has 0 radical (unpaired) electrons. The molecule has 1 rings (SSSR count). The summed E-state index contributed by atoms with van der Waals surface area (Å²) in [6.07, 6.45) is 2.43. The minimum Gasteiger partial charge on any atom is -0.396 e. The van der Waals surface area contributed by atoms with E-state index in [0.717, 1.165) is 38.9 Å². The van der Waals surface area contributed by atoms with Gasteiger partial charge in [0.1, 0.15) is 5.54 Å². The Balaban J connectivity index is 2.35. The zero-order valence-electron chi connectivity index (χ0n) is 7.84. The van der Waals surface area contributed by atoms with E-state index in [2.05, 4.69) is 16.7 Å². The average Bonchev–Trinajstić information content (AvgIpc) is 2.20. The van der Waals surface area contributed by atoms with E-state index in [1.807, 2.05) is 0 Å². The van der Waals surface area contributed by atoms with Crippen molar-refractivity contribution in [1.82, 2.24) is 10.6 Å². The number of piperidine rings is 1. The summed E-state index contributed by atoms with van der Waals surface area (Å²) in [5.74, 6) is 0. The molecule has 0 aromatic carbocycles. The van der Waals surface area contributed by atoms with Crippen LogP contribution in [0.3, 0.4) is 0 Å². The lowest BCUT2D eigenvalue weighted by Gasteiger charge is -2.32. The largest absolute Gasteiger partial charge is 0.396 e. The third-order valence-electron chi connectivity index (χ3n) is 2.47. The first kappa shape index (κ1) is 10.5. The highest BCUT2D eigenvalue weighted by molar-refractivity contribution is 5.09. The van der Waals surface area contributed by atoms with Crippen LogP contribution < -0.4 is 10.6 Å². The lowest BCUT2D eigenvalue weighted by atomic mass is 9.90. The van der Waals surface area contributed by atoms with E-state index in [1.54, 1.807) is 0 Å². The molecule has 4 nitrogen and oxygen atoms in total. The number of rotatable bonds is 4. The van der Waals surface area contributed by atoms with Gasteiger partial charge in [-0.3, -0.25) is 5.32 Å². The molecule has 0 aromatic rings. The van der Waals surface area contributed by atoms with Crippen molar-refractivity contribution >= 4 is 0 Å². The summed E-state index contributed by atoms with van der Waals surface area (Å²) < 4.78 is 0. The van der Waals surface area contributed by atoms with Gasteiger partial charge in [0.2, 0.25) is 0 Å². The lowest BCUT2D eigenvalue weighted by molar-refractivity contribution is 0.263. The highest BCUT2D eigenvalue weighted by atomic mass is 16.3. The predicted octanol–water partition coefficient (Wildman–Crippen LogP) is -0.396. The number of nitrogens with one attached hydrogen (secondary N) is 2. The smallest absolute Gasteiger partial charge is 0.109 e. The molecule has 0 aromatic heterocycles. The van der Waals surface area contributed by atoms with Gasteiger partial charge < -0.3 is 10.4 Å². The molecule has 0 aliphatic carbocycles. The van der Waals surface area contributed by atoms with E-state index in [1.165, 1.54) is 0 Å². The van der Waals surface area contributed by atoms with Crippen LogP contribution in [0.4, 0.5) is 0 Å². The summed E-state index contributed by atoms with van der Waals surface area (Å²) in [4.78, 5) is 0. The molecule has 4 heteroatoms. The normalized spacial score (nSPS) is 20.9. The van der Waals surface area contributed by atoms with Crippen molar-refractivity contribution in [3.63, 3.8) is 0 Å². The Morgan fingerprint density at radius 3 is 2.69 bits per heavy atom. The lowest BCUT2D eigenvalue weighted by Crippen LogP contribution is -2.51. The number of aliphatic hydroxyl groups excluding tert-OH is 1. The van der Waals surface area contributed by atoms with Gasteiger partial charge in [0, 0.05) is 6.61 Å². The molecule has 0 saturated carbocycles. The van der Waals surface area contributed by atoms with Gasteiger partial charge in [0.15, 0.2) is 0 Å². The Morgan fingerprint density at radius 1 is 1.46 bits per heavy atom. The molecule has 0 atom stereocenters. The Morgan fingerprint density at radius 2 is 2.15 bits per heavy atom. The molecule has 1 aliphatic heterocycles. The predicted molar refractivity (Wildman–Crippen MR) is 50.2 cm³/mol. The quantitative estimate of drug-likeness (QED) is 0.519. The monoisotopic (exact) mass is 183 g/mol. The van der Waals surface area contributed by atoms with Gasteiger partial charge in [-0.15, -0.1) is 0 Å². The van der Waals surface area contributed by atoms with Crippen LogP contribution in [-0.2, 0) is 0 Å². The van der Waals surface area contributed by atoms with Gasteiger partial charge >= 0.3 is 0 Å². The molecule has 0 amide bonds. The van der Waals surface area contributed by atoms with Crippen molar-refractivity contribution in [2.24, 2.45) is 0 Å². The molecule has 0 bridgehead atoms. The number of hydrogen-bond donors (Lipinski definition) is 3. The second-order valence-electron chi connectivity index (χ2n) is 3.45. The molecule has 0 unspecified atom stereocenters. The van der Waals surface area contributed by atoms with Gasteiger partial charge in [0.05, 0.1) is 6.07 Å². The Labute approximate surface area is 78.9 Å². The fourth-order valence-electron chi connectivity index (χ4n) is 1.59. The summed E-state index contributed by atoms with van der Waals surface area (Å²) in [6.45, 7) is 2.72. The van der Waals surface area contributed by atoms with Gasteiger partial charge in [-0.2, -0.15) is 5.26 Å². The van der Waals surface area contributed by atoms with Gasteiger partial charge in [-0.05, 0) is 38.9 Å².